The van der Waals surface area contributed by atoms with Crippen molar-refractivity contribution in [1.29, 1.82) is 0 Å². The third kappa shape index (κ3) is 17.9. The van der Waals surface area contributed by atoms with Crippen molar-refractivity contribution in [1.82, 2.24) is 5.32 Å². The van der Waals surface area contributed by atoms with Crippen molar-refractivity contribution in [2.24, 2.45) is 17.6 Å². The van der Waals surface area contributed by atoms with Crippen LogP contribution >= 0.6 is 0 Å². The molecule has 0 fully saturated rings. The van der Waals surface area contributed by atoms with Crippen LogP contribution in [0.3, 0.4) is 0 Å². The molecular formula is C31H54N2O4. The summed E-state index contributed by atoms with van der Waals surface area (Å²) in [5.41, 5.74) is 7.93. The lowest BCUT2D eigenvalue weighted by Crippen LogP contribution is -2.36. The molecule has 212 valence electrons. The summed E-state index contributed by atoms with van der Waals surface area (Å²) in [7, 11) is 0. The monoisotopic (exact) mass is 518 g/mol. The number of alkyl carbamates (subject to hydrolysis) is 1. The average Bonchev–Trinajstić information content (AvgIpc) is 2.89. The quantitative estimate of drug-likeness (QED) is 0.125. The Kier molecular flexibility index (Phi) is 19.5. The van der Waals surface area contributed by atoms with Gasteiger partial charge in [0.25, 0.3) is 0 Å². The van der Waals surface area contributed by atoms with Crippen LogP contribution in [-0.2, 0) is 20.7 Å². The Labute approximate surface area is 226 Å². The molecule has 0 aromatic heterocycles. The summed E-state index contributed by atoms with van der Waals surface area (Å²) < 4.78 is 10.1. The first-order chi connectivity index (χ1) is 17.9. The smallest absolute Gasteiger partial charge is 0.407 e. The van der Waals surface area contributed by atoms with Crippen LogP contribution in [0.25, 0.3) is 0 Å². The summed E-state index contributed by atoms with van der Waals surface area (Å²) in [5, 5.41) is 2.77. The Morgan fingerprint density at radius 1 is 0.811 bits per heavy atom. The number of nitrogens with two attached hydrogens (primary N) is 1. The van der Waals surface area contributed by atoms with Gasteiger partial charge in [0.1, 0.15) is 13.2 Å². The zero-order valence-electron chi connectivity index (χ0n) is 23.8. The summed E-state index contributed by atoms with van der Waals surface area (Å²) in [4.78, 5) is 23.4. The van der Waals surface area contributed by atoms with Gasteiger partial charge in [0, 0.05) is 12.6 Å². The molecular weight excluding hydrogens is 464 g/mol. The van der Waals surface area contributed by atoms with Gasteiger partial charge in [-0.2, -0.15) is 0 Å². The van der Waals surface area contributed by atoms with Crippen molar-refractivity contribution >= 4 is 12.1 Å². The summed E-state index contributed by atoms with van der Waals surface area (Å²) in [6.45, 7) is 6.38. The van der Waals surface area contributed by atoms with Crippen molar-refractivity contribution in [3.05, 3.63) is 35.9 Å². The van der Waals surface area contributed by atoms with E-state index in [0.29, 0.717) is 18.9 Å². The van der Waals surface area contributed by atoms with E-state index in [2.05, 4.69) is 36.5 Å². The predicted octanol–water partition coefficient (Wildman–Crippen LogP) is 7.19. The van der Waals surface area contributed by atoms with E-state index < -0.39 is 6.09 Å². The topological polar surface area (TPSA) is 90.7 Å². The van der Waals surface area contributed by atoms with Crippen LogP contribution in [0.1, 0.15) is 110 Å². The largest absolute Gasteiger partial charge is 0.462 e. The SMILES string of the molecule is CCCCCCCCCCCCCC(Cc1ccccc1)C(N)CCNC(=O)OCCOC(=O)C(C)C. The van der Waals surface area contributed by atoms with Gasteiger partial charge < -0.3 is 20.5 Å². The van der Waals surface area contributed by atoms with Crippen molar-refractivity contribution < 1.29 is 19.1 Å². The van der Waals surface area contributed by atoms with E-state index in [4.69, 9.17) is 15.2 Å². The van der Waals surface area contributed by atoms with E-state index in [9.17, 15) is 9.59 Å². The summed E-state index contributed by atoms with van der Waals surface area (Å²) in [6, 6.07) is 10.5. The maximum Gasteiger partial charge on any atom is 0.407 e. The number of carbonyl (C=O) groups is 2. The third-order valence-electron chi connectivity index (χ3n) is 6.90. The lowest BCUT2D eigenvalue weighted by atomic mass is 9.86. The maximum atomic E-state index is 11.9. The van der Waals surface area contributed by atoms with Crippen LogP contribution < -0.4 is 11.1 Å². The van der Waals surface area contributed by atoms with Crippen molar-refractivity contribution in [3.8, 4) is 0 Å². The second-order valence-electron chi connectivity index (χ2n) is 10.6. The second kappa shape index (κ2) is 22.0. The Morgan fingerprint density at radius 3 is 1.97 bits per heavy atom. The van der Waals surface area contributed by atoms with E-state index >= 15 is 0 Å². The Bertz CT molecular complexity index is 696. The number of benzene rings is 1. The molecule has 0 aliphatic heterocycles. The second-order valence-corrected chi connectivity index (χ2v) is 10.6. The van der Waals surface area contributed by atoms with E-state index in [-0.39, 0.29) is 31.1 Å². The van der Waals surface area contributed by atoms with Crippen LogP contribution in [-0.4, -0.2) is 37.9 Å². The summed E-state index contributed by atoms with van der Waals surface area (Å²) >= 11 is 0. The molecule has 1 aromatic rings. The fraction of sp³-hybridized carbons (Fsp3) is 0.742. The highest BCUT2D eigenvalue weighted by atomic mass is 16.6. The van der Waals surface area contributed by atoms with E-state index in [1.807, 2.05) is 6.07 Å². The molecule has 1 aromatic carbocycles. The molecule has 1 amide bonds. The van der Waals surface area contributed by atoms with Crippen LogP contribution in [0.4, 0.5) is 4.79 Å². The molecule has 0 saturated heterocycles. The van der Waals surface area contributed by atoms with E-state index in [1.165, 1.54) is 76.2 Å². The molecule has 1 rings (SSSR count). The van der Waals surface area contributed by atoms with Gasteiger partial charge in [0.15, 0.2) is 0 Å². The number of ether oxygens (including phenoxy) is 2. The van der Waals surface area contributed by atoms with Crippen molar-refractivity contribution in [2.75, 3.05) is 19.8 Å². The molecule has 0 spiro atoms. The highest BCUT2D eigenvalue weighted by molar-refractivity contribution is 5.71. The Morgan fingerprint density at radius 2 is 1.38 bits per heavy atom. The van der Waals surface area contributed by atoms with Gasteiger partial charge in [-0.25, -0.2) is 4.79 Å². The summed E-state index contributed by atoms with van der Waals surface area (Å²) in [5.74, 6) is -0.101. The number of amides is 1. The van der Waals surface area contributed by atoms with Crippen molar-refractivity contribution in [3.63, 3.8) is 0 Å². The van der Waals surface area contributed by atoms with Crippen molar-refractivity contribution in [2.45, 2.75) is 117 Å². The van der Waals surface area contributed by atoms with Crippen LogP contribution in [0, 0.1) is 11.8 Å². The number of unbranched alkanes of at least 4 members (excludes halogenated alkanes) is 10. The number of nitrogens with one attached hydrogen (secondary N) is 1. The fourth-order valence-corrected chi connectivity index (χ4v) is 4.53. The third-order valence-corrected chi connectivity index (χ3v) is 6.90. The molecule has 0 aliphatic carbocycles. The molecule has 0 heterocycles. The molecule has 37 heavy (non-hydrogen) atoms. The lowest BCUT2D eigenvalue weighted by Gasteiger charge is -2.24. The minimum absolute atomic E-state index is 0.00984. The molecule has 2 unspecified atom stereocenters. The molecule has 0 saturated carbocycles. The first-order valence-corrected chi connectivity index (χ1v) is 14.8. The zero-order chi connectivity index (χ0) is 27.1. The van der Waals surface area contributed by atoms with Gasteiger partial charge in [-0.1, -0.05) is 122 Å². The van der Waals surface area contributed by atoms with Crippen LogP contribution in [0.15, 0.2) is 30.3 Å². The Hall–Kier alpha value is -2.08. The fourth-order valence-electron chi connectivity index (χ4n) is 4.53. The Balaban J connectivity index is 2.28. The molecule has 0 bridgehead atoms. The van der Waals surface area contributed by atoms with Gasteiger partial charge in [0.2, 0.25) is 0 Å². The number of hydrogen-bond acceptors (Lipinski definition) is 5. The molecule has 0 radical (unpaired) electrons. The average molecular weight is 519 g/mol. The van der Waals surface area contributed by atoms with Gasteiger partial charge >= 0.3 is 12.1 Å². The van der Waals surface area contributed by atoms with E-state index in [0.717, 1.165) is 12.8 Å². The standard InChI is InChI=1S/C31H54N2O4/c1-4-5-6-7-8-9-10-11-12-13-17-20-28(25-27-18-15-14-16-19-27)29(32)21-22-33-31(35)37-24-23-36-30(34)26(2)3/h14-16,18-19,26,28-29H,4-13,17,20-25,32H2,1-3H3,(H,33,35). The lowest BCUT2D eigenvalue weighted by molar-refractivity contribution is -0.148. The highest BCUT2D eigenvalue weighted by Crippen LogP contribution is 2.21. The minimum atomic E-state index is -0.502. The number of rotatable bonds is 22. The molecule has 6 heteroatoms. The molecule has 3 N–H and O–H groups in total. The van der Waals surface area contributed by atoms with Gasteiger partial charge in [0.05, 0.1) is 5.92 Å². The predicted molar refractivity (Wildman–Crippen MR) is 152 cm³/mol. The first-order valence-electron chi connectivity index (χ1n) is 14.8. The molecule has 2 atom stereocenters. The number of esters is 1. The molecule has 0 aliphatic rings. The van der Waals surface area contributed by atoms with E-state index in [1.54, 1.807) is 13.8 Å². The van der Waals surface area contributed by atoms with Gasteiger partial charge in [-0.05, 0) is 30.7 Å². The van der Waals surface area contributed by atoms with Gasteiger partial charge in [-0.15, -0.1) is 0 Å². The maximum absolute atomic E-state index is 11.9. The van der Waals surface area contributed by atoms with Crippen LogP contribution in [0.5, 0.6) is 0 Å². The van der Waals surface area contributed by atoms with Gasteiger partial charge in [-0.3, -0.25) is 4.79 Å². The summed E-state index contributed by atoms with van der Waals surface area (Å²) in [6.07, 6.45) is 17.0. The first kappa shape index (κ1) is 32.9. The highest BCUT2D eigenvalue weighted by Gasteiger charge is 2.18. The normalized spacial score (nSPS) is 12.8. The minimum Gasteiger partial charge on any atom is -0.462 e. The zero-order valence-corrected chi connectivity index (χ0v) is 23.8. The molecule has 6 nitrogen and oxygen atoms in total. The number of hydrogen-bond donors (Lipinski definition) is 2. The van der Waals surface area contributed by atoms with Crippen LogP contribution in [0.2, 0.25) is 0 Å². The number of carbonyl (C=O) groups excluding carboxylic acids is 2.